The van der Waals surface area contributed by atoms with Crippen LogP contribution in [0.1, 0.15) is 27.7 Å². The quantitative estimate of drug-likeness (QED) is 0.789. The molecule has 0 bridgehead atoms. The first-order valence-corrected chi connectivity index (χ1v) is 6.09. The van der Waals surface area contributed by atoms with Gasteiger partial charge in [0, 0.05) is 24.8 Å². The third-order valence-corrected chi connectivity index (χ3v) is 2.78. The summed E-state index contributed by atoms with van der Waals surface area (Å²) in [5.74, 6) is 1.18. The zero-order valence-electron chi connectivity index (χ0n) is 11.0. The van der Waals surface area contributed by atoms with E-state index in [1.54, 1.807) is 0 Å². The number of nitrogens with one attached hydrogen (secondary N) is 2. The predicted octanol–water partition coefficient (Wildman–Crippen LogP) is 1.48. The number of aryl methyl sites for hydroxylation is 1. The molecule has 0 aliphatic rings. The van der Waals surface area contributed by atoms with Crippen molar-refractivity contribution in [3.8, 4) is 0 Å². The number of hydrogen-bond acceptors (Lipinski definition) is 3. The molecule has 17 heavy (non-hydrogen) atoms. The zero-order chi connectivity index (χ0) is 12.8. The van der Waals surface area contributed by atoms with Crippen LogP contribution in [0.4, 0.5) is 5.82 Å². The summed E-state index contributed by atoms with van der Waals surface area (Å²) in [7, 11) is 0. The summed E-state index contributed by atoms with van der Waals surface area (Å²) >= 11 is 0. The largest absolute Gasteiger partial charge is 0.360 e. The molecule has 1 atom stereocenters. The van der Waals surface area contributed by atoms with Crippen LogP contribution in [0.25, 0.3) is 0 Å². The van der Waals surface area contributed by atoms with E-state index in [4.69, 9.17) is 0 Å². The molecule has 0 saturated heterocycles. The topological polar surface area (TPSA) is 59.0 Å². The minimum absolute atomic E-state index is 0.00255. The third kappa shape index (κ3) is 4.46. The second-order valence-electron chi connectivity index (χ2n) is 4.51. The van der Waals surface area contributed by atoms with Crippen molar-refractivity contribution in [2.45, 2.75) is 40.3 Å². The smallest absolute Gasteiger partial charge is 0.239 e. The molecule has 1 aromatic rings. The molecule has 1 aromatic heterocycles. The molecular weight excluding hydrogens is 216 g/mol. The van der Waals surface area contributed by atoms with E-state index in [1.165, 1.54) is 0 Å². The van der Waals surface area contributed by atoms with Gasteiger partial charge in [0.05, 0.1) is 6.54 Å². The fraction of sp³-hybridized carbons (Fsp3) is 0.667. The molecule has 96 valence electrons. The van der Waals surface area contributed by atoms with E-state index in [-0.39, 0.29) is 18.5 Å². The Morgan fingerprint density at radius 1 is 1.47 bits per heavy atom. The number of amides is 1. The lowest BCUT2D eigenvalue weighted by atomic mass is 10.1. The molecule has 0 radical (unpaired) electrons. The van der Waals surface area contributed by atoms with E-state index in [0.717, 1.165) is 12.4 Å². The monoisotopic (exact) mass is 238 g/mol. The molecule has 0 saturated carbocycles. The lowest BCUT2D eigenvalue weighted by Crippen LogP contribution is -2.39. The number of carbonyl (C=O) groups excluding carboxylic acids is 1. The van der Waals surface area contributed by atoms with E-state index in [1.807, 2.05) is 30.8 Å². The highest BCUT2D eigenvalue weighted by Gasteiger charge is 2.10. The Morgan fingerprint density at radius 2 is 2.18 bits per heavy atom. The Bertz CT molecular complexity index is 359. The number of aromatic nitrogens is 2. The summed E-state index contributed by atoms with van der Waals surface area (Å²) in [6.07, 6.45) is 1.89. The molecule has 0 aromatic carbocycles. The molecule has 0 fully saturated rings. The van der Waals surface area contributed by atoms with Gasteiger partial charge in [0.2, 0.25) is 5.91 Å². The van der Waals surface area contributed by atoms with Crippen molar-refractivity contribution in [3.05, 3.63) is 12.3 Å². The maximum Gasteiger partial charge on any atom is 0.239 e. The predicted molar refractivity (Wildman–Crippen MR) is 68.8 cm³/mol. The van der Waals surface area contributed by atoms with Crippen molar-refractivity contribution in [2.24, 2.45) is 5.92 Å². The molecule has 1 heterocycles. The Kier molecular flexibility index (Phi) is 5.00. The van der Waals surface area contributed by atoms with Crippen molar-refractivity contribution < 1.29 is 4.79 Å². The second kappa shape index (κ2) is 6.27. The van der Waals surface area contributed by atoms with Gasteiger partial charge in [0.1, 0.15) is 5.82 Å². The van der Waals surface area contributed by atoms with Crippen LogP contribution in [0.3, 0.4) is 0 Å². The van der Waals surface area contributed by atoms with Gasteiger partial charge in [-0.05, 0) is 19.8 Å². The summed E-state index contributed by atoms with van der Waals surface area (Å²) in [6.45, 7) is 9.29. The van der Waals surface area contributed by atoms with Crippen molar-refractivity contribution >= 4 is 11.7 Å². The van der Waals surface area contributed by atoms with E-state index < -0.39 is 0 Å². The standard InChI is InChI=1S/C12H22N4O/c1-5-16-7-6-11(15-16)13-8-12(17)14-10(4)9(2)3/h6-7,9-10H,5,8H2,1-4H3,(H,13,15)(H,14,17). The van der Waals surface area contributed by atoms with Crippen LogP contribution in [0, 0.1) is 5.92 Å². The van der Waals surface area contributed by atoms with Crippen LogP contribution in [0.2, 0.25) is 0 Å². The molecule has 1 rings (SSSR count). The summed E-state index contributed by atoms with van der Waals surface area (Å²) in [5.41, 5.74) is 0. The van der Waals surface area contributed by atoms with Gasteiger partial charge in [-0.3, -0.25) is 9.48 Å². The second-order valence-corrected chi connectivity index (χ2v) is 4.51. The average molecular weight is 238 g/mol. The van der Waals surface area contributed by atoms with E-state index in [0.29, 0.717) is 5.92 Å². The van der Waals surface area contributed by atoms with Crippen molar-refractivity contribution in [2.75, 3.05) is 11.9 Å². The van der Waals surface area contributed by atoms with Gasteiger partial charge in [0.15, 0.2) is 0 Å². The van der Waals surface area contributed by atoms with Crippen LogP contribution in [-0.2, 0) is 11.3 Å². The maximum absolute atomic E-state index is 11.6. The van der Waals surface area contributed by atoms with Crippen molar-refractivity contribution in [1.82, 2.24) is 15.1 Å². The average Bonchev–Trinajstić information content (AvgIpc) is 2.74. The number of anilines is 1. The summed E-state index contributed by atoms with van der Waals surface area (Å²) in [5, 5.41) is 10.2. The number of carbonyl (C=O) groups is 1. The van der Waals surface area contributed by atoms with E-state index in [9.17, 15) is 4.79 Å². The highest BCUT2D eigenvalue weighted by atomic mass is 16.2. The Hall–Kier alpha value is -1.52. The molecule has 5 nitrogen and oxygen atoms in total. The van der Waals surface area contributed by atoms with Crippen LogP contribution in [-0.4, -0.2) is 28.3 Å². The van der Waals surface area contributed by atoms with Gasteiger partial charge < -0.3 is 10.6 Å². The van der Waals surface area contributed by atoms with Crippen molar-refractivity contribution in [3.63, 3.8) is 0 Å². The van der Waals surface area contributed by atoms with E-state index in [2.05, 4.69) is 29.6 Å². The zero-order valence-corrected chi connectivity index (χ0v) is 11.0. The maximum atomic E-state index is 11.6. The first kappa shape index (κ1) is 13.5. The molecule has 0 spiro atoms. The minimum Gasteiger partial charge on any atom is -0.360 e. The first-order valence-electron chi connectivity index (χ1n) is 6.09. The van der Waals surface area contributed by atoms with Gasteiger partial charge in [-0.1, -0.05) is 13.8 Å². The molecule has 5 heteroatoms. The minimum atomic E-state index is -0.00255. The molecule has 0 aliphatic heterocycles. The van der Waals surface area contributed by atoms with Crippen LogP contribution >= 0.6 is 0 Å². The van der Waals surface area contributed by atoms with Crippen LogP contribution in [0.5, 0.6) is 0 Å². The number of hydrogen-bond donors (Lipinski definition) is 2. The Balaban J connectivity index is 2.33. The highest BCUT2D eigenvalue weighted by Crippen LogP contribution is 2.02. The molecular formula is C12H22N4O. The summed E-state index contributed by atoms with van der Waals surface area (Å²) in [6, 6.07) is 2.06. The van der Waals surface area contributed by atoms with Gasteiger partial charge in [-0.2, -0.15) is 5.10 Å². The van der Waals surface area contributed by atoms with E-state index >= 15 is 0 Å². The Labute approximate surface area is 103 Å². The van der Waals surface area contributed by atoms with Crippen LogP contribution in [0.15, 0.2) is 12.3 Å². The molecule has 1 amide bonds. The first-order chi connectivity index (χ1) is 8.02. The lowest BCUT2D eigenvalue weighted by Gasteiger charge is -2.17. The SMILES string of the molecule is CCn1ccc(NCC(=O)NC(C)C(C)C)n1. The fourth-order valence-corrected chi connectivity index (χ4v) is 1.27. The Morgan fingerprint density at radius 3 is 2.71 bits per heavy atom. The van der Waals surface area contributed by atoms with Gasteiger partial charge >= 0.3 is 0 Å². The van der Waals surface area contributed by atoms with Gasteiger partial charge in [-0.15, -0.1) is 0 Å². The third-order valence-electron chi connectivity index (χ3n) is 2.78. The molecule has 0 aliphatic carbocycles. The number of nitrogens with zero attached hydrogens (tertiary/aromatic N) is 2. The number of rotatable bonds is 6. The van der Waals surface area contributed by atoms with Gasteiger partial charge in [0.25, 0.3) is 0 Å². The highest BCUT2D eigenvalue weighted by molar-refractivity contribution is 5.80. The normalized spacial score (nSPS) is 12.5. The lowest BCUT2D eigenvalue weighted by molar-refractivity contribution is -0.120. The molecule has 2 N–H and O–H groups in total. The van der Waals surface area contributed by atoms with Crippen LogP contribution < -0.4 is 10.6 Å². The van der Waals surface area contributed by atoms with Gasteiger partial charge in [-0.25, -0.2) is 0 Å². The van der Waals surface area contributed by atoms with Crippen molar-refractivity contribution in [1.29, 1.82) is 0 Å². The molecule has 1 unspecified atom stereocenters. The summed E-state index contributed by atoms with van der Waals surface area (Å²) < 4.78 is 1.82. The fourth-order valence-electron chi connectivity index (χ4n) is 1.27. The summed E-state index contributed by atoms with van der Waals surface area (Å²) in [4.78, 5) is 11.6.